The zero-order valence-electron chi connectivity index (χ0n) is 21.7. The Morgan fingerprint density at radius 3 is 1.75 bits per heavy atom. The molecule has 0 fully saturated rings. The summed E-state index contributed by atoms with van der Waals surface area (Å²) in [6.45, 7) is 0.117. The monoisotopic (exact) mass is 546 g/mol. The van der Waals surface area contributed by atoms with Crippen LogP contribution in [0.1, 0.15) is 22.7 Å². The molecule has 5 rings (SSSR count). The van der Waals surface area contributed by atoms with Crippen LogP contribution in [0.4, 0.5) is 4.39 Å². The first-order valence-corrected chi connectivity index (χ1v) is 14.3. The third-order valence-electron chi connectivity index (χ3n) is 6.50. The normalized spacial score (nSPS) is 11.6. The van der Waals surface area contributed by atoms with Gasteiger partial charge in [-0.05, 0) is 52.7 Å². The van der Waals surface area contributed by atoms with Crippen molar-refractivity contribution in [2.24, 2.45) is 0 Å². The molecular weight excluding hydrogens is 518 g/mol. The first-order chi connectivity index (χ1) is 19.6. The number of amides is 2. The van der Waals surface area contributed by atoms with E-state index in [0.29, 0.717) is 5.56 Å². The van der Waals surface area contributed by atoms with Gasteiger partial charge in [0, 0.05) is 6.54 Å². The van der Waals surface area contributed by atoms with E-state index in [0.717, 1.165) is 16.4 Å². The predicted octanol–water partition coefficient (Wildman–Crippen LogP) is 5.11. The maximum absolute atomic E-state index is 13.2. The average Bonchev–Trinajstić information content (AvgIpc) is 3.01. The second-order valence-corrected chi connectivity index (χ2v) is 11.4. The fourth-order valence-corrected chi connectivity index (χ4v) is 7.06. The number of benzene rings is 5. The van der Waals surface area contributed by atoms with Crippen LogP contribution >= 0.6 is 7.92 Å². The molecule has 40 heavy (non-hydrogen) atoms. The van der Waals surface area contributed by atoms with Gasteiger partial charge in [0.05, 0.1) is 6.04 Å². The van der Waals surface area contributed by atoms with Crippen LogP contribution in [-0.4, -0.2) is 11.8 Å². The Kier molecular flexibility index (Phi) is 8.75. The van der Waals surface area contributed by atoms with E-state index in [9.17, 15) is 14.0 Å². The minimum absolute atomic E-state index is 0.117. The summed E-state index contributed by atoms with van der Waals surface area (Å²) >= 11 is 0. The van der Waals surface area contributed by atoms with Crippen molar-refractivity contribution in [1.82, 2.24) is 10.6 Å². The van der Waals surface area contributed by atoms with E-state index in [4.69, 9.17) is 0 Å². The molecule has 6 heteroatoms. The van der Waals surface area contributed by atoms with Crippen molar-refractivity contribution >= 4 is 35.6 Å². The second kappa shape index (κ2) is 13.0. The summed E-state index contributed by atoms with van der Waals surface area (Å²) in [6, 6.07) is 43.7. The highest BCUT2D eigenvalue weighted by atomic mass is 31.1. The molecule has 0 heterocycles. The van der Waals surface area contributed by atoms with Crippen molar-refractivity contribution in [3.05, 3.63) is 162 Å². The Morgan fingerprint density at radius 1 is 0.625 bits per heavy atom. The van der Waals surface area contributed by atoms with Crippen LogP contribution in [0.15, 0.2) is 140 Å². The van der Waals surface area contributed by atoms with Crippen LogP contribution in [0.2, 0.25) is 0 Å². The Balaban J connectivity index is 1.50. The van der Waals surface area contributed by atoms with Gasteiger partial charge in [0.1, 0.15) is 5.82 Å². The minimum atomic E-state index is -0.952. The average molecular weight is 547 g/mol. The van der Waals surface area contributed by atoms with E-state index in [1.54, 1.807) is 12.1 Å². The van der Waals surface area contributed by atoms with Gasteiger partial charge in [-0.3, -0.25) is 9.59 Å². The highest BCUT2D eigenvalue weighted by Crippen LogP contribution is 2.36. The van der Waals surface area contributed by atoms with E-state index >= 15 is 0 Å². The molecule has 198 valence electrons. The quantitative estimate of drug-likeness (QED) is 0.210. The SMILES string of the molecule is O=C(NCc1ccc(F)cc1)C(=O)N[C@H](c1ccccc1)c1ccccc1P(c1ccccc1)c1ccccc1. The van der Waals surface area contributed by atoms with Crippen LogP contribution in [0.5, 0.6) is 0 Å². The van der Waals surface area contributed by atoms with Gasteiger partial charge >= 0.3 is 11.8 Å². The fourth-order valence-electron chi connectivity index (χ4n) is 4.56. The van der Waals surface area contributed by atoms with Crippen LogP contribution in [0, 0.1) is 5.82 Å². The molecule has 2 amide bonds. The lowest BCUT2D eigenvalue weighted by Crippen LogP contribution is -2.42. The summed E-state index contributed by atoms with van der Waals surface area (Å²) in [6.07, 6.45) is 0. The molecule has 0 aliphatic carbocycles. The van der Waals surface area contributed by atoms with Crippen molar-refractivity contribution in [3.8, 4) is 0 Å². The van der Waals surface area contributed by atoms with Crippen molar-refractivity contribution < 1.29 is 14.0 Å². The molecule has 5 aromatic rings. The zero-order chi connectivity index (χ0) is 27.7. The van der Waals surface area contributed by atoms with E-state index in [1.165, 1.54) is 22.7 Å². The maximum atomic E-state index is 13.2. The van der Waals surface area contributed by atoms with Gasteiger partial charge in [0.2, 0.25) is 0 Å². The number of hydrogen-bond donors (Lipinski definition) is 2. The summed E-state index contributed by atoms with van der Waals surface area (Å²) in [7, 11) is -0.952. The summed E-state index contributed by atoms with van der Waals surface area (Å²) in [5.41, 5.74) is 2.49. The van der Waals surface area contributed by atoms with Crippen molar-refractivity contribution in [2.45, 2.75) is 12.6 Å². The van der Waals surface area contributed by atoms with Gasteiger partial charge in [-0.15, -0.1) is 0 Å². The van der Waals surface area contributed by atoms with Crippen molar-refractivity contribution in [3.63, 3.8) is 0 Å². The molecule has 4 nitrogen and oxygen atoms in total. The Labute approximate surface area is 234 Å². The smallest absolute Gasteiger partial charge is 0.310 e. The van der Waals surface area contributed by atoms with Crippen molar-refractivity contribution in [2.75, 3.05) is 0 Å². The number of carbonyl (C=O) groups is 2. The first kappa shape index (κ1) is 27.0. The number of nitrogens with one attached hydrogen (secondary N) is 2. The summed E-state index contributed by atoms with van der Waals surface area (Å²) in [5, 5.41) is 9.10. The maximum Gasteiger partial charge on any atom is 0.310 e. The second-order valence-electron chi connectivity index (χ2n) is 9.19. The molecule has 0 saturated heterocycles. The van der Waals surface area contributed by atoms with Gasteiger partial charge in [-0.1, -0.05) is 127 Å². The molecule has 0 aliphatic heterocycles. The molecule has 0 spiro atoms. The lowest BCUT2D eigenvalue weighted by atomic mass is 9.98. The molecule has 0 saturated carbocycles. The lowest BCUT2D eigenvalue weighted by molar-refractivity contribution is -0.139. The van der Waals surface area contributed by atoms with E-state index < -0.39 is 25.8 Å². The molecule has 5 aromatic carbocycles. The molecule has 0 aliphatic rings. The third-order valence-corrected chi connectivity index (χ3v) is 9.02. The van der Waals surface area contributed by atoms with Crippen molar-refractivity contribution in [1.29, 1.82) is 0 Å². The molecule has 0 bridgehead atoms. The van der Waals surface area contributed by atoms with Gasteiger partial charge in [0.25, 0.3) is 0 Å². The van der Waals surface area contributed by atoms with Crippen LogP contribution < -0.4 is 26.5 Å². The summed E-state index contributed by atoms with van der Waals surface area (Å²) in [4.78, 5) is 26.1. The van der Waals surface area contributed by atoms with Crippen LogP contribution in [0.25, 0.3) is 0 Å². The molecular formula is C34H28FN2O2P. The Hall–Kier alpha value is -4.60. The van der Waals surface area contributed by atoms with Crippen LogP contribution in [0.3, 0.4) is 0 Å². The predicted molar refractivity (Wildman–Crippen MR) is 160 cm³/mol. The standard InChI is InChI=1S/C34H28FN2O2P/c35-27-22-20-25(21-23-27)24-36-33(38)34(39)37-32(26-12-4-1-5-13-26)30-18-10-11-19-31(30)40(28-14-6-2-7-15-28)29-16-8-3-9-17-29/h1-23,32H,24H2,(H,36,38)(H,37,39)/t32-/m1/s1. The van der Waals surface area contributed by atoms with E-state index in [1.807, 2.05) is 84.9 Å². The minimum Gasteiger partial charge on any atom is -0.344 e. The molecule has 1 atom stereocenters. The number of halogens is 1. The van der Waals surface area contributed by atoms with Crippen LogP contribution in [-0.2, 0) is 16.1 Å². The van der Waals surface area contributed by atoms with E-state index in [-0.39, 0.29) is 12.4 Å². The van der Waals surface area contributed by atoms with Gasteiger partial charge in [-0.2, -0.15) is 0 Å². The lowest BCUT2D eigenvalue weighted by Gasteiger charge is -2.27. The highest BCUT2D eigenvalue weighted by molar-refractivity contribution is 7.79. The van der Waals surface area contributed by atoms with E-state index in [2.05, 4.69) is 41.0 Å². The molecule has 0 unspecified atom stereocenters. The van der Waals surface area contributed by atoms with Gasteiger partial charge in [0.15, 0.2) is 0 Å². The van der Waals surface area contributed by atoms with Gasteiger partial charge < -0.3 is 10.6 Å². The summed E-state index contributed by atoms with van der Waals surface area (Å²) in [5.74, 6) is -1.85. The largest absolute Gasteiger partial charge is 0.344 e. The zero-order valence-corrected chi connectivity index (χ0v) is 22.6. The molecule has 0 aromatic heterocycles. The number of carbonyl (C=O) groups excluding carboxylic acids is 2. The number of rotatable bonds is 8. The molecule has 0 radical (unpaired) electrons. The summed E-state index contributed by atoms with van der Waals surface area (Å²) < 4.78 is 13.2. The Bertz CT molecular complexity index is 1520. The third kappa shape index (κ3) is 6.51. The molecule has 2 N–H and O–H groups in total. The van der Waals surface area contributed by atoms with Gasteiger partial charge in [-0.25, -0.2) is 4.39 Å². The Morgan fingerprint density at radius 2 is 1.15 bits per heavy atom. The number of hydrogen-bond acceptors (Lipinski definition) is 2. The fraction of sp³-hybridized carbons (Fsp3) is 0.0588. The topological polar surface area (TPSA) is 58.2 Å². The first-order valence-electron chi connectivity index (χ1n) is 13.0. The highest BCUT2D eigenvalue weighted by Gasteiger charge is 2.27.